The van der Waals surface area contributed by atoms with Gasteiger partial charge >= 0.3 is 6.09 Å². The first-order valence-electron chi connectivity index (χ1n) is 7.96. The van der Waals surface area contributed by atoms with E-state index in [4.69, 9.17) is 9.47 Å². The monoisotopic (exact) mass is 398 g/mol. The van der Waals surface area contributed by atoms with Crippen LogP contribution < -0.4 is 10.1 Å². The van der Waals surface area contributed by atoms with E-state index in [9.17, 15) is 9.59 Å². The lowest BCUT2D eigenvalue weighted by Crippen LogP contribution is -2.49. The van der Waals surface area contributed by atoms with E-state index in [0.29, 0.717) is 31.7 Å². The molecule has 7 heteroatoms. The number of nitrogens with zero attached hydrogens (tertiary/aromatic N) is 1. The van der Waals surface area contributed by atoms with Gasteiger partial charge in [0.15, 0.2) is 6.10 Å². The zero-order valence-electron chi connectivity index (χ0n) is 14.2. The van der Waals surface area contributed by atoms with Crippen molar-refractivity contribution >= 4 is 27.9 Å². The highest BCUT2D eigenvalue weighted by Crippen LogP contribution is 2.26. The number of hydrogen-bond donors (Lipinski definition) is 1. The maximum Gasteiger partial charge on any atom is 0.409 e. The zero-order chi connectivity index (χ0) is 17.7. The largest absolute Gasteiger partial charge is 0.480 e. The number of likely N-dealkylation sites (tertiary alicyclic amines) is 1. The van der Waals surface area contributed by atoms with E-state index < -0.39 is 6.10 Å². The van der Waals surface area contributed by atoms with Crippen LogP contribution in [0.1, 0.15) is 25.3 Å². The normalized spacial score (nSPS) is 16.4. The molecular formula is C17H23BrN2O4. The Balaban J connectivity index is 1.83. The number of halogens is 1. The van der Waals surface area contributed by atoms with Crippen LogP contribution in [0.3, 0.4) is 0 Å². The van der Waals surface area contributed by atoms with E-state index in [1.54, 1.807) is 11.8 Å². The first-order chi connectivity index (χ1) is 11.4. The topological polar surface area (TPSA) is 67.9 Å². The first kappa shape index (κ1) is 18.6. The second kappa shape index (κ2) is 8.37. The van der Waals surface area contributed by atoms with Crippen LogP contribution in [0.2, 0.25) is 0 Å². The van der Waals surface area contributed by atoms with Crippen molar-refractivity contribution in [3.8, 4) is 5.75 Å². The van der Waals surface area contributed by atoms with Crippen molar-refractivity contribution in [1.29, 1.82) is 0 Å². The van der Waals surface area contributed by atoms with E-state index in [2.05, 4.69) is 21.2 Å². The molecule has 1 fully saturated rings. The van der Waals surface area contributed by atoms with Gasteiger partial charge in [0.2, 0.25) is 0 Å². The second-order valence-corrected chi connectivity index (χ2v) is 6.79. The molecule has 0 radical (unpaired) electrons. The zero-order valence-corrected chi connectivity index (χ0v) is 15.8. The van der Waals surface area contributed by atoms with Gasteiger partial charge in [-0.2, -0.15) is 0 Å². The summed E-state index contributed by atoms with van der Waals surface area (Å²) in [5, 5.41) is 2.99. The fraction of sp³-hybridized carbons (Fsp3) is 0.529. The lowest BCUT2D eigenvalue weighted by molar-refractivity contribution is -0.128. The number of aryl methyl sites for hydroxylation is 1. The van der Waals surface area contributed by atoms with E-state index >= 15 is 0 Å². The van der Waals surface area contributed by atoms with Crippen molar-refractivity contribution in [3.05, 3.63) is 28.2 Å². The van der Waals surface area contributed by atoms with E-state index in [-0.39, 0.29) is 18.0 Å². The fourth-order valence-electron chi connectivity index (χ4n) is 2.60. The van der Waals surface area contributed by atoms with Crippen molar-refractivity contribution in [2.45, 2.75) is 38.8 Å². The van der Waals surface area contributed by atoms with Gasteiger partial charge in [-0.05, 0) is 60.3 Å². The Labute approximate surface area is 150 Å². The van der Waals surface area contributed by atoms with Gasteiger partial charge in [0.1, 0.15) is 5.75 Å². The lowest BCUT2D eigenvalue weighted by atomic mass is 10.1. The Hall–Kier alpha value is -1.76. The summed E-state index contributed by atoms with van der Waals surface area (Å²) >= 11 is 3.44. The predicted molar refractivity (Wildman–Crippen MR) is 94.1 cm³/mol. The van der Waals surface area contributed by atoms with Gasteiger partial charge in [-0.3, -0.25) is 4.79 Å². The van der Waals surface area contributed by atoms with Crippen LogP contribution in [0.5, 0.6) is 5.75 Å². The molecular weight excluding hydrogens is 376 g/mol. The molecule has 0 aliphatic carbocycles. The van der Waals surface area contributed by atoms with E-state index in [0.717, 1.165) is 10.0 Å². The van der Waals surface area contributed by atoms with Gasteiger partial charge in [0.05, 0.1) is 11.6 Å². The Morgan fingerprint density at radius 2 is 2.00 bits per heavy atom. The summed E-state index contributed by atoms with van der Waals surface area (Å²) in [6, 6.07) is 5.78. The molecule has 132 valence electrons. The van der Waals surface area contributed by atoms with Crippen molar-refractivity contribution in [1.82, 2.24) is 10.2 Å². The van der Waals surface area contributed by atoms with Crippen LogP contribution in [0.15, 0.2) is 22.7 Å². The van der Waals surface area contributed by atoms with E-state index in [1.165, 1.54) is 7.11 Å². The second-order valence-electron chi connectivity index (χ2n) is 5.93. The Bertz CT molecular complexity index is 600. The summed E-state index contributed by atoms with van der Waals surface area (Å²) in [5.41, 5.74) is 1.11. The average Bonchev–Trinajstić information content (AvgIpc) is 2.57. The molecule has 24 heavy (non-hydrogen) atoms. The maximum absolute atomic E-state index is 12.3. The molecule has 1 N–H and O–H groups in total. The van der Waals surface area contributed by atoms with Gasteiger partial charge in [-0.1, -0.05) is 6.07 Å². The Kier molecular flexibility index (Phi) is 6.48. The summed E-state index contributed by atoms with van der Waals surface area (Å²) in [4.78, 5) is 25.4. The van der Waals surface area contributed by atoms with Crippen molar-refractivity contribution < 1.29 is 19.1 Å². The summed E-state index contributed by atoms with van der Waals surface area (Å²) in [6.07, 6.45) is 0.507. The number of methoxy groups -OCH3 is 1. The van der Waals surface area contributed by atoms with Gasteiger partial charge in [0.25, 0.3) is 5.91 Å². The lowest BCUT2D eigenvalue weighted by Gasteiger charge is -2.31. The third-order valence-corrected chi connectivity index (χ3v) is 4.65. The van der Waals surface area contributed by atoms with Gasteiger partial charge in [-0.15, -0.1) is 0 Å². The Morgan fingerprint density at radius 1 is 1.33 bits per heavy atom. The summed E-state index contributed by atoms with van der Waals surface area (Å²) in [5.74, 6) is 0.489. The van der Waals surface area contributed by atoms with Gasteiger partial charge < -0.3 is 19.7 Å². The predicted octanol–water partition coefficient (Wildman–Crippen LogP) is 2.87. The molecule has 1 aromatic rings. The van der Waals surface area contributed by atoms with Crippen LogP contribution >= 0.6 is 15.9 Å². The molecule has 1 atom stereocenters. The van der Waals surface area contributed by atoms with Gasteiger partial charge in [0, 0.05) is 19.1 Å². The first-order valence-corrected chi connectivity index (χ1v) is 8.76. The number of nitrogens with one attached hydrogen (secondary N) is 1. The molecule has 0 bridgehead atoms. The van der Waals surface area contributed by atoms with Gasteiger partial charge in [-0.25, -0.2) is 4.79 Å². The molecule has 2 rings (SSSR count). The number of benzene rings is 1. The summed E-state index contributed by atoms with van der Waals surface area (Å²) in [7, 11) is 1.37. The molecule has 0 saturated carbocycles. The Morgan fingerprint density at radius 3 is 2.58 bits per heavy atom. The smallest absolute Gasteiger partial charge is 0.409 e. The number of amides is 2. The molecule has 1 heterocycles. The average molecular weight is 399 g/mol. The molecule has 1 aliphatic heterocycles. The number of carbonyl (C=O) groups excluding carboxylic acids is 2. The standard InChI is InChI=1S/C17H23BrN2O4/c1-11-4-5-15(14(18)10-11)24-12(2)16(21)19-13-6-8-20(9-7-13)17(22)23-3/h4-5,10,12-13H,6-9H2,1-3H3,(H,19,21). The van der Waals surface area contributed by atoms with Crippen LogP contribution in [-0.4, -0.2) is 49.2 Å². The minimum absolute atomic E-state index is 0.0471. The quantitative estimate of drug-likeness (QED) is 0.846. The van der Waals surface area contributed by atoms with Crippen molar-refractivity contribution in [3.63, 3.8) is 0 Å². The highest BCUT2D eigenvalue weighted by molar-refractivity contribution is 9.10. The molecule has 1 aromatic carbocycles. The third-order valence-electron chi connectivity index (χ3n) is 4.03. The SMILES string of the molecule is COC(=O)N1CCC(NC(=O)C(C)Oc2ccc(C)cc2Br)CC1. The number of piperidine rings is 1. The molecule has 1 saturated heterocycles. The minimum Gasteiger partial charge on any atom is -0.480 e. The molecule has 1 aliphatic rings. The summed E-state index contributed by atoms with van der Waals surface area (Å²) < 4.78 is 11.3. The number of hydrogen-bond acceptors (Lipinski definition) is 4. The molecule has 2 amide bonds. The molecule has 1 unspecified atom stereocenters. The van der Waals surface area contributed by atoms with Crippen molar-refractivity contribution in [2.75, 3.05) is 20.2 Å². The third kappa shape index (κ3) is 4.87. The highest BCUT2D eigenvalue weighted by atomic mass is 79.9. The molecule has 0 spiro atoms. The molecule has 0 aromatic heterocycles. The van der Waals surface area contributed by atoms with Crippen LogP contribution in [0.25, 0.3) is 0 Å². The van der Waals surface area contributed by atoms with Crippen LogP contribution in [0.4, 0.5) is 4.79 Å². The number of ether oxygens (including phenoxy) is 2. The fourth-order valence-corrected chi connectivity index (χ4v) is 3.19. The maximum atomic E-state index is 12.3. The number of rotatable bonds is 4. The number of carbonyl (C=O) groups is 2. The highest BCUT2D eigenvalue weighted by Gasteiger charge is 2.26. The van der Waals surface area contributed by atoms with Crippen molar-refractivity contribution in [2.24, 2.45) is 0 Å². The van der Waals surface area contributed by atoms with Crippen LogP contribution in [-0.2, 0) is 9.53 Å². The minimum atomic E-state index is -0.595. The van der Waals surface area contributed by atoms with E-state index in [1.807, 2.05) is 25.1 Å². The molecule has 6 nitrogen and oxygen atoms in total. The summed E-state index contributed by atoms with van der Waals surface area (Å²) in [6.45, 7) is 4.88. The van der Waals surface area contributed by atoms with Crippen LogP contribution in [0, 0.1) is 6.92 Å².